The third-order valence-electron chi connectivity index (χ3n) is 3.82. The average Bonchev–Trinajstić information content (AvgIpc) is 2.44. The van der Waals surface area contributed by atoms with E-state index < -0.39 is 5.54 Å². The molecule has 0 aliphatic carbocycles. The second-order valence-electron chi connectivity index (χ2n) is 5.80. The van der Waals surface area contributed by atoms with Gasteiger partial charge in [-0.25, -0.2) is 0 Å². The zero-order chi connectivity index (χ0) is 16.0. The van der Waals surface area contributed by atoms with Crippen LogP contribution >= 0.6 is 11.6 Å². The van der Waals surface area contributed by atoms with Crippen molar-refractivity contribution in [2.45, 2.75) is 39.3 Å². The number of nitriles is 1. The van der Waals surface area contributed by atoms with Crippen LogP contribution in [0.4, 0.5) is 0 Å². The second-order valence-corrected chi connectivity index (χ2v) is 6.24. The van der Waals surface area contributed by atoms with Crippen LogP contribution in [0.15, 0.2) is 24.3 Å². The van der Waals surface area contributed by atoms with Crippen molar-refractivity contribution >= 4 is 17.5 Å². The highest BCUT2D eigenvalue weighted by Crippen LogP contribution is 2.15. The van der Waals surface area contributed by atoms with E-state index in [-0.39, 0.29) is 24.4 Å². The molecule has 4 nitrogen and oxygen atoms in total. The van der Waals surface area contributed by atoms with E-state index in [2.05, 4.69) is 11.4 Å². The molecule has 3 N–H and O–H groups in total. The summed E-state index contributed by atoms with van der Waals surface area (Å²) in [5, 5.41) is 14.6. The van der Waals surface area contributed by atoms with Crippen molar-refractivity contribution in [3.8, 4) is 6.07 Å². The van der Waals surface area contributed by atoms with Gasteiger partial charge in [-0.1, -0.05) is 37.6 Å². The third kappa shape index (κ3) is 5.04. The van der Waals surface area contributed by atoms with Crippen molar-refractivity contribution in [1.29, 1.82) is 5.26 Å². The zero-order valence-corrected chi connectivity index (χ0v) is 13.7. The van der Waals surface area contributed by atoms with Gasteiger partial charge >= 0.3 is 0 Å². The van der Waals surface area contributed by atoms with Crippen LogP contribution in [0, 0.1) is 17.2 Å². The Balaban J connectivity index is 2.56. The topological polar surface area (TPSA) is 69.5 Å². The molecule has 0 bridgehead atoms. The molecule has 0 fully saturated rings. The number of carbonyl (C=O) groups is 1. The molecule has 114 valence electrons. The number of amides is 1. The largest absolute Gasteiger partial charge is 0.333 e. The molecule has 21 heavy (non-hydrogen) atoms. The lowest BCUT2D eigenvalue weighted by Gasteiger charge is -2.27. The standard InChI is InChI=1S/C16H22ClN3O/c1-11(2)16(4,10-18)20-15(21)9-19-12(3)13-6-5-7-14(17)8-13/h5-8,11-12,19H,9H2,1-4H3,(H,20,21)/p+1/t12-,16-/m0/s1. The molecule has 1 aromatic rings. The molecule has 0 saturated heterocycles. The number of carbonyl (C=O) groups excluding carboxylic acids is 1. The quantitative estimate of drug-likeness (QED) is 0.844. The molecule has 0 unspecified atom stereocenters. The second kappa shape index (κ2) is 7.44. The van der Waals surface area contributed by atoms with Crippen LogP contribution < -0.4 is 10.6 Å². The highest BCUT2D eigenvalue weighted by Gasteiger charge is 2.30. The first-order valence-corrected chi connectivity index (χ1v) is 7.47. The lowest BCUT2D eigenvalue weighted by molar-refractivity contribution is -0.682. The molecule has 0 aromatic heterocycles. The monoisotopic (exact) mass is 308 g/mol. The van der Waals surface area contributed by atoms with Crippen LogP contribution in [0.1, 0.15) is 39.3 Å². The highest BCUT2D eigenvalue weighted by molar-refractivity contribution is 6.30. The number of nitrogens with two attached hydrogens (primary N) is 1. The first-order valence-electron chi connectivity index (χ1n) is 7.09. The van der Waals surface area contributed by atoms with E-state index in [1.165, 1.54) is 0 Å². The fourth-order valence-corrected chi connectivity index (χ4v) is 2.05. The lowest BCUT2D eigenvalue weighted by Crippen LogP contribution is -2.87. The van der Waals surface area contributed by atoms with E-state index in [9.17, 15) is 10.1 Å². The Morgan fingerprint density at radius 2 is 2.14 bits per heavy atom. The molecular weight excluding hydrogens is 286 g/mol. The molecule has 2 atom stereocenters. The van der Waals surface area contributed by atoms with Gasteiger partial charge in [0.15, 0.2) is 6.54 Å². The van der Waals surface area contributed by atoms with Crippen LogP contribution in [0.2, 0.25) is 5.02 Å². The Kier molecular flexibility index (Phi) is 6.19. The maximum atomic E-state index is 12.0. The summed E-state index contributed by atoms with van der Waals surface area (Å²) in [6, 6.07) is 9.90. The first-order chi connectivity index (χ1) is 9.78. The molecule has 0 spiro atoms. The number of benzene rings is 1. The summed E-state index contributed by atoms with van der Waals surface area (Å²) in [4.78, 5) is 12.0. The summed E-state index contributed by atoms with van der Waals surface area (Å²) in [5.41, 5.74) is 0.242. The third-order valence-corrected chi connectivity index (χ3v) is 4.05. The smallest absolute Gasteiger partial charge is 0.276 e. The van der Waals surface area contributed by atoms with Gasteiger partial charge in [0, 0.05) is 10.6 Å². The van der Waals surface area contributed by atoms with Crippen LogP contribution in [0.5, 0.6) is 0 Å². The van der Waals surface area contributed by atoms with E-state index in [0.29, 0.717) is 5.02 Å². The van der Waals surface area contributed by atoms with Crippen molar-refractivity contribution in [3.05, 3.63) is 34.9 Å². The Labute approximate surface area is 131 Å². The SMILES string of the molecule is CC(C)[C@](C)(C#N)NC(=O)C[NH2+][C@@H](C)c1cccc(Cl)c1. The van der Waals surface area contributed by atoms with Gasteiger partial charge in [-0.3, -0.25) is 4.79 Å². The lowest BCUT2D eigenvalue weighted by atomic mass is 9.90. The Morgan fingerprint density at radius 1 is 1.48 bits per heavy atom. The van der Waals surface area contributed by atoms with Gasteiger partial charge < -0.3 is 10.6 Å². The highest BCUT2D eigenvalue weighted by atomic mass is 35.5. The number of rotatable bonds is 6. The van der Waals surface area contributed by atoms with Crippen molar-refractivity contribution < 1.29 is 10.1 Å². The normalized spacial score (nSPS) is 15.1. The number of hydrogen-bond donors (Lipinski definition) is 2. The minimum atomic E-state index is -0.829. The Morgan fingerprint density at radius 3 is 2.67 bits per heavy atom. The van der Waals surface area contributed by atoms with Crippen LogP contribution in [-0.2, 0) is 4.79 Å². The van der Waals surface area contributed by atoms with Crippen molar-refractivity contribution in [2.75, 3.05) is 6.54 Å². The van der Waals surface area contributed by atoms with E-state index in [4.69, 9.17) is 11.6 Å². The minimum absolute atomic E-state index is 0.0526. The molecular formula is C16H23ClN3O+. The van der Waals surface area contributed by atoms with E-state index in [0.717, 1.165) is 5.56 Å². The Hall–Kier alpha value is -1.57. The molecule has 0 aliphatic rings. The van der Waals surface area contributed by atoms with Crippen molar-refractivity contribution in [2.24, 2.45) is 5.92 Å². The summed E-state index contributed by atoms with van der Waals surface area (Å²) < 4.78 is 0. The van der Waals surface area contributed by atoms with E-state index in [1.807, 2.05) is 50.4 Å². The molecule has 1 rings (SSSR count). The van der Waals surface area contributed by atoms with Gasteiger partial charge in [0.25, 0.3) is 5.91 Å². The van der Waals surface area contributed by atoms with Gasteiger partial charge in [-0.05, 0) is 31.9 Å². The molecule has 1 aromatic carbocycles. The van der Waals surface area contributed by atoms with Gasteiger partial charge in [-0.2, -0.15) is 5.26 Å². The molecule has 1 amide bonds. The first kappa shape index (κ1) is 17.5. The van der Waals surface area contributed by atoms with Gasteiger partial charge in [-0.15, -0.1) is 0 Å². The number of nitrogens with zero attached hydrogens (tertiary/aromatic N) is 1. The average molecular weight is 309 g/mol. The Bertz CT molecular complexity index is 539. The maximum Gasteiger partial charge on any atom is 0.276 e. The predicted octanol–water partition coefficient (Wildman–Crippen LogP) is 2.02. The number of halogens is 1. The summed E-state index contributed by atoms with van der Waals surface area (Å²) in [6.45, 7) is 7.88. The number of nitrogens with one attached hydrogen (secondary N) is 1. The molecule has 0 aliphatic heterocycles. The minimum Gasteiger partial charge on any atom is -0.333 e. The van der Waals surface area contributed by atoms with Crippen molar-refractivity contribution in [3.63, 3.8) is 0 Å². The van der Waals surface area contributed by atoms with Crippen LogP contribution in [0.25, 0.3) is 0 Å². The van der Waals surface area contributed by atoms with Crippen LogP contribution in [0.3, 0.4) is 0 Å². The fraction of sp³-hybridized carbons (Fsp3) is 0.500. The predicted molar refractivity (Wildman–Crippen MR) is 83.7 cm³/mol. The number of hydrogen-bond acceptors (Lipinski definition) is 2. The van der Waals surface area contributed by atoms with Gasteiger partial charge in [0.1, 0.15) is 11.6 Å². The molecule has 0 radical (unpaired) electrons. The van der Waals surface area contributed by atoms with E-state index >= 15 is 0 Å². The summed E-state index contributed by atoms with van der Waals surface area (Å²) in [5.74, 6) is -0.0848. The summed E-state index contributed by atoms with van der Waals surface area (Å²) in [7, 11) is 0. The molecule has 0 saturated carbocycles. The van der Waals surface area contributed by atoms with E-state index in [1.54, 1.807) is 6.92 Å². The number of quaternary nitrogens is 1. The summed E-state index contributed by atoms with van der Waals surface area (Å²) >= 11 is 5.96. The van der Waals surface area contributed by atoms with Crippen molar-refractivity contribution in [1.82, 2.24) is 5.32 Å². The fourth-order valence-electron chi connectivity index (χ4n) is 1.85. The zero-order valence-electron chi connectivity index (χ0n) is 13.0. The molecule has 5 heteroatoms. The van der Waals surface area contributed by atoms with Crippen LogP contribution in [-0.4, -0.2) is 18.0 Å². The maximum absolute atomic E-state index is 12.0. The van der Waals surface area contributed by atoms with Gasteiger partial charge in [0.05, 0.1) is 6.07 Å². The summed E-state index contributed by atoms with van der Waals surface area (Å²) in [6.07, 6.45) is 0. The van der Waals surface area contributed by atoms with Gasteiger partial charge in [0.2, 0.25) is 0 Å². The molecule has 0 heterocycles.